The van der Waals surface area contributed by atoms with E-state index >= 15 is 0 Å². The molecular weight excluding hydrogens is 270 g/mol. The normalized spacial score (nSPS) is 10.4. The van der Waals surface area contributed by atoms with Crippen molar-refractivity contribution in [2.75, 3.05) is 20.1 Å². The second-order valence-electron chi connectivity index (χ2n) is 4.67. The average molecular weight is 287 g/mol. The van der Waals surface area contributed by atoms with E-state index in [1.54, 1.807) is 31.3 Å². The number of carbonyl (C=O) groups excluding carboxylic acids is 2. The zero-order chi connectivity index (χ0) is 15.4. The van der Waals surface area contributed by atoms with E-state index in [1.165, 1.54) is 11.1 Å². The maximum absolute atomic E-state index is 12.2. The Morgan fingerprint density at radius 1 is 1.29 bits per heavy atom. The van der Waals surface area contributed by atoms with Crippen molar-refractivity contribution in [3.8, 4) is 0 Å². The maximum Gasteiger partial charge on any atom is 0.257 e. The molecule has 0 saturated carbocycles. The number of nitrogens with one attached hydrogen (secondary N) is 2. The van der Waals surface area contributed by atoms with Gasteiger partial charge in [-0.15, -0.1) is 0 Å². The zero-order valence-electron chi connectivity index (χ0n) is 12.0. The van der Waals surface area contributed by atoms with Gasteiger partial charge in [-0.25, -0.2) is 0 Å². The van der Waals surface area contributed by atoms with E-state index in [0.717, 1.165) is 0 Å². The van der Waals surface area contributed by atoms with E-state index in [-0.39, 0.29) is 23.4 Å². The molecule has 2 aromatic rings. The highest BCUT2D eigenvalue weighted by molar-refractivity contribution is 5.98. The Hall–Kier alpha value is -2.63. The summed E-state index contributed by atoms with van der Waals surface area (Å²) in [6, 6.07) is 6.95. The van der Waals surface area contributed by atoms with E-state index in [9.17, 15) is 14.4 Å². The predicted molar refractivity (Wildman–Crippen MR) is 80.2 cm³/mol. The van der Waals surface area contributed by atoms with Gasteiger partial charge in [0.2, 0.25) is 11.3 Å². The number of fused-ring (bicyclic) bond motifs is 1. The summed E-state index contributed by atoms with van der Waals surface area (Å²) < 4.78 is 0. The number of aromatic amines is 1. The summed E-state index contributed by atoms with van der Waals surface area (Å²) in [5, 5.41) is 2.92. The fourth-order valence-corrected chi connectivity index (χ4v) is 1.90. The molecule has 2 N–H and O–H groups in total. The van der Waals surface area contributed by atoms with Crippen LogP contribution in [-0.4, -0.2) is 41.8 Å². The lowest BCUT2D eigenvalue weighted by atomic mass is 10.1. The molecule has 0 aliphatic heterocycles. The second-order valence-corrected chi connectivity index (χ2v) is 4.67. The van der Waals surface area contributed by atoms with Gasteiger partial charge in [-0.1, -0.05) is 12.1 Å². The first kappa shape index (κ1) is 14.8. The predicted octanol–water partition coefficient (Wildman–Crippen LogP) is 0.736. The molecule has 0 unspecified atom stereocenters. The Bertz CT molecular complexity index is 736. The van der Waals surface area contributed by atoms with E-state index < -0.39 is 5.91 Å². The minimum Gasteiger partial charge on any atom is -0.360 e. The monoisotopic (exact) mass is 287 g/mol. The second kappa shape index (κ2) is 6.21. The van der Waals surface area contributed by atoms with Crippen LogP contribution in [0.5, 0.6) is 0 Å². The third-order valence-corrected chi connectivity index (χ3v) is 3.33. The number of pyridine rings is 1. The highest BCUT2D eigenvalue weighted by Gasteiger charge is 2.14. The first-order valence-electron chi connectivity index (χ1n) is 6.67. The summed E-state index contributed by atoms with van der Waals surface area (Å²) in [6.45, 7) is 2.27. The fourth-order valence-electron chi connectivity index (χ4n) is 1.90. The van der Waals surface area contributed by atoms with Crippen molar-refractivity contribution < 1.29 is 9.59 Å². The van der Waals surface area contributed by atoms with Crippen LogP contribution in [0, 0.1) is 0 Å². The van der Waals surface area contributed by atoms with Gasteiger partial charge >= 0.3 is 0 Å². The molecule has 1 heterocycles. The number of nitrogens with zero attached hydrogens (tertiary/aromatic N) is 1. The van der Waals surface area contributed by atoms with Crippen LogP contribution in [0.1, 0.15) is 17.3 Å². The quantitative estimate of drug-likeness (QED) is 0.870. The molecule has 110 valence electrons. The van der Waals surface area contributed by atoms with Crippen molar-refractivity contribution in [2.45, 2.75) is 6.92 Å². The molecular formula is C15H17N3O3. The van der Waals surface area contributed by atoms with Gasteiger partial charge in [-0.05, 0) is 19.1 Å². The molecule has 6 heteroatoms. The number of benzene rings is 1. The van der Waals surface area contributed by atoms with E-state index in [4.69, 9.17) is 0 Å². The Kier molecular flexibility index (Phi) is 4.37. The summed E-state index contributed by atoms with van der Waals surface area (Å²) in [5.74, 6) is -0.761. The van der Waals surface area contributed by atoms with Gasteiger partial charge in [0.1, 0.15) is 5.56 Å². The van der Waals surface area contributed by atoms with Crippen LogP contribution in [-0.2, 0) is 4.79 Å². The molecule has 1 aromatic heterocycles. The molecule has 2 amide bonds. The largest absolute Gasteiger partial charge is 0.360 e. The van der Waals surface area contributed by atoms with E-state index in [1.807, 2.05) is 6.92 Å². The average Bonchev–Trinajstić information content (AvgIpc) is 2.52. The number of amides is 2. The molecule has 6 nitrogen and oxygen atoms in total. The molecule has 0 atom stereocenters. The molecule has 0 fully saturated rings. The minimum atomic E-state index is -0.556. The Morgan fingerprint density at radius 3 is 2.71 bits per heavy atom. The number of hydrogen-bond acceptors (Lipinski definition) is 3. The van der Waals surface area contributed by atoms with Gasteiger partial charge in [0.05, 0.1) is 6.54 Å². The third kappa shape index (κ3) is 3.10. The summed E-state index contributed by atoms with van der Waals surface area (Å²) >= 11 is 0. The lowest BCUT2D eigenvalue weighted by Gasteiger charge is -2.14. The summed E-state index contributed by atoms with van der Waals surface area (Å²) in [4.78, 5) is 40.3. The number of hydrogen-bond donors (Lipinski definition) is 2. The molecule has 21 heavy (non-hydrogen) atoms. The van der Waals surface area contributed by atoms with Crippen LogP contribution >= 0.6 is 0 Å². The van der Waals surface area contributed by atoms with Crippen molar-refractivity contribution in [2.24, 2.45) is 0 Å². The Labute approximate surface area is 121 Å². The van der Waals surface area contributed by atoms with Gasteiger partial charge in [0.25, 0.3) is 5.91 Å². The highest BCUT2D eigenvalue weighted by atomic mass is 16.2. The SMILES string of the molecule is CCN(C)C(=O)CNC(=O)c1c[nH]c2ccccc2c1=O. The van der Waals surface area contributed by atoms with Gasteiger partial charge < -0.3 is 15.2 Å². The van der Waals surface area contributed by atoms with E-state index in [0.29, 0.717) is 17.4 Å². The maximum atomic E-state index is 12.2. The first-order valence-corrected chi connectivity index (χ1v) is 6.67. The van der Waals surface area contributed by atoms with Gasteiger partial charge in [-0.2, -0.15) is 0 Å². The number of para-hydroxylation sites is 1. The van der Waals surface area contributed by atoms with Crippen LogP contribution in [0.2, 0.25) is 0 Å². The highest BCUT2D eigenvalue weighted by Crippen LogP contribution is 2.06. The van der Waals surface area contributed by atoms with Crippen molar-refractivity contribution in [1.82, 2.24) is 15.2 Å². The topological polar surface area (TPSA) is 82.3 Å². The molecule has 0 spiro atoms. The standard InChI is InChI=1S/C15H17N3O3/c1-3-18(2)13(19)9-17-15(21)11-8-16-12-7-5-4-6-10(12)14(11)20/h4-8H,3,9H2,1-2H3,(H,16,20)(H,17,21). The lowest BCUT2D eigenvalue weighted by Crippen LogP contribution is -2.39. The molecule has 2 rings (SSSR count). The van der Waals surface area contributed by atoms with Gasteiger partial charge in [-0.3, -0.25) is 14.4 Å². The van der Waals surface area contributed by atoms with E-state index in [2.05, 4.69) is 10.3 Å². The Morgan fingerprint density at radius 2 is 2.00 bits per heavy atom. The van der Waals surface area contributed by atoms with Crippen molar-refractivity contribution >= 4 is 22.7 Å². The number of carbonyl (C=O) groups is 2. The van der Waals surface area contributed by atoms with Crippen molar-refractivity contribution in [1.29, 1.82) is 0 Å². The summed E-state index contributed by atoms with van der Waals surface area (Å²) in [6.07, 6.45) is 1.37. The summed E-state index contributed by atoms with van der Waals surface area (Å²) in [7, 11) is 1.65. The molecule has 0 aliphatic rings. The van der Waals surface area contributed by atoms with Crippen molar-refractivity contribution in [3.05, 3.63) is 46.2 Å². The fraction of sp³-hybridized carbons (Fsp3) is 0.267. The lowest BCUT2D eigenvalue weighted by molar-refractivity contribution is -0.128. The summed E-state index contributed by atoms with van der Waals surface area (Å²) in [5.41, 5.74) is 0.319. The van der Waals surface area contributed by atoms with Crippen LogP contribution in [0.3, 0.4) is 0 Å². The molecule has 1 aromatic carbocycles. The van der Waals surface area contributed by atoms with Crippen LogP contribution in [0.15, 0.2) is 35.3 Å². The number of rotatable bonds is 4. The number of H-pyrrole nitrogens is 1. The zero-order valence-corrected chi connectivity index (χ0v) is 12.0. The minimum absolute atomic E-state index is 0.000603. The van der Waals surface area contributed by atoms with Gasteiger partial charge in [0.15, 0.2) is 0 Å². The van der Waals surface area contributed by atoms with Crippen LogP contribution in [0.25, 0.3) is 10.9 Å². The van der Waals surface area contributed by atoms with Crippen LogP contribution < -0.4 is 10.7 Å². The van der Waals surface area contributed by atoms with Crippen molar-refractivity contribution in [3.63, 3.8) is 0 Å². The molecule has 0 aliphatic carbocycles. The van der Waals surface area contributed by atoms with Crippen LogP contribution in [0.4, 0.5) is 0 Å². The number of aromatic nitrogens is 1. The molecule has 0 radical (unpaired) electrons. The molecule has 0 bridgehead atoms. The Balaban J connectivity index is 2.19. The third-order valence-electron chi connectivity index (χ3n) is 3.33. The molecule has 0 saturated heterocycles. The smallest absolute Gasteiger partial charge is 0.257 e. The van der Waals surface area contributed by atoms with Gasteiger partial charge in [0, 0.05) is 30.7 Å². The first-order chi connectivity index (χ1) is 10.0. The number of likely N-dealkylation sites (N-methyl/N-ethyl adjacent to an activating group) is 1.